The second-order valence-corrected chi connectivity index (χ2v) is 7.34. The number of hydrogen-bond acceptors (Lipinski definition) is 6. The van der Waals surface area contributed by atoms with Crippen molar-refractivity contribution in [2.24, 2.45) is 5.73 Å². The topological polar surface area (TPSA) is 93.6 Å². The number of ether oxygens (including phenoxy) is 1. The monoisotopic (exact) mass is 411 g/mol. The molecule has 8 heteroatoms. The molecule has 0 spiro atoms. The number of anilines is 1. The van der Waals surface area contributed by atoms with Gasteiger partial charge in [0.25, 0.3) is 11.9 Å². The first kappa shape index (κ1) is 20.2. The van der Waals surface area contributed by atoms with E-state index in [9.17, 15) is 9.18 Å². The fourth-order valence-corrected chi connectivity index (χ4v) is 3.72. The molecule has 3 aromatic rings. The minimum Gasteiger partial charge on any atom is -0.491 e. The number of benzene rings is 2. The van der Waals surface area contributed by atoms with Crippen LogP contribution in [0.4, 0.5) is 10.4 Å². The van der Waals surface area contributed by atoms with Crippen LogP contribution in [0.3, 0.4) is 0 Å². The molecular weight excluding hydrogens is 387 g/mol. The summed E-state index contributed by atoms with van der Waals surface area (Å²) >= 11 is 0. The van der Waals surface area contributed by atoms with E-state index in [0.29, 0.717) is 29.5 Å². The molecule has 0 aliphatic carbocycles. The summed E-state index contributed by atoms with van der Waals surface area (Å²) in [7, 11) is 0. The van der Waals surface area contributed by atoms with E-state index in [1.807, 2.05) is 6.92 Å². The van der Waals surface area contributed by atoms with E-state index in [4.69, 9.17) is 14.9 Å². The SMILES string of the molecule is CCOc1cc(CN2CCC(Nc3nc4c(C(N)=O)[c]ccc4o3)CC2)ccc1F. The normalized spacial score (nSPS) is 15.4. The number of nitrogens with one attached hydrogen (secondary N) is 1. The Hall–Kier alpha value is -3.13. The summed E-state index contributed by atoms with van der Waals surface area (Å²) in [4.78, 5) is 18.2. The van der Waals surface area contributed by atoms with E-state index in [2.05, 4.69) is 21.3 Å². The van der Waals surface area contributed by atoms with Crippen LogP contribution >= 0.6 is 0 Å². The van der Waals surface area contributed by atoms with Gasteiger partial charge in [0, 0.05) is 25.7 Å². The zero-order valence-corrected chi connectivity index (χ0v) is 16.8. The average molecular weight is 411 g/mol. The Labute approximate surface area is 174 Å². The number of fused-ring (bicyclic) bond motifs is 1. The molecule has 1 saturated heterocycles. The maximum absolute atomic E-state index is 13.8. The van der Waals surface area contributed by atoms with Gasteiger partial charge in [0.1, 0.15) is 5.52 Å². The molecule has 0 unspecified atom stereocenters. The molecule has 2 aromatic carbocycles. The van der Waals surface area contributed by atoms with Crippen LogP contribution in [-0.2, 0) is 6.54 Å². The lowest BCUT2D eigenvalue weighted by atomic mass is 10.0. The molecule has 4 rings (SSSR count). The first-order valence-electron chi connectivity index (χ1n) is 10.0. The fraction of sp³-hybridized carbons (Fsp3) is 0.364. The molecule has 0 bridgehead atoms. The molecule has 1 aliphatic rings. The van der Waals surface area contributed by atoms with Gasteiger partial charge < -0.3 is 20.2 Å². The molecule has 0 atom stereocenters. The standard InChI is InChI=1S/C22H24FN4O3/c1-2-29-19-12-14(6-7-17(19)23)13-27-10-8-15(9-11-27)25-22-26-20-16(21(24)28)4-3-5-18(20)30-22/h3,5-7,12,15H,2,8-11,13H2,1H3,(H2,24,28)(H,25,26). The van der Waals surface area contributed by atoms with E-state index in [0.717, 1.165) is 38.0 Å². The third-order valence-corrected chi connectivity index (χ3v) is 5.22. The zero-order chi connectivity index (χ0) is 21.1. The molecule has 1 amide bonds. The van der Waals surface area contributed by atoms with Crippen LogP contribution in [0.1, 0.15) is 35.7 Å². The van der Waals surface area contributed by atoms with Crippen LogP contribution in [0.5, 0.6) is 5.75 Å². The van der Waals surface area contributed by atoms with Crippen molar-refractivity contribution in [3.8, 4) is 5.75 Å². The van der Waals surface area contributed by atoms with E-state index in [-0.39, 0.29) is 17.4 Å². The summed E-state index contributed by atoms with van der Waals surface area (Å²) < 4.78 is 24.8. The first-order valence-corrected chi connectivity index (χ1v) is 10.0. The number of carbonyl (C=O) groups is 1. The second-order valence-electron chi connectivity index (χ2n) is 7.34. The molecule has 0 saturated carbocycles. The van der Waals surface area contributed by atoms with Crippen LogP contribution in [0, 0.1) is 11.9 Å². The highest BCUT2D eigenvalue weighted by molar-refractivity contribution is 6.03. The molecule has 157 valence electrons. The zero-order valence-electron chi connectivity index (χ0n) is 16.8. The van der Waals surface area contributed by atoms with E-state index in [1.54, 1.807) is 24.3 Å². The van der Waals surface area contributed by atoms with Gasteiger partial charge in [0.15, 0.2) is 17.1 Å². The number of nitrogens with two attached hydrogens (primary N) is 1. The number of aromatic nitrogens is 1. The van der Waals surface area contributed by atoms with Crippen LogP contribution in [-0.4, -0.2) is 41.5 Å². The molecule has 2 heterocycles. The lowest BCUT2D eigenvalue weighted by Crippen LogP contribution is -2.38. The summed E-state index contributed by atoms with van der Waals surface area (Å²) in [5.41, 5.74) is 7.56. The molecular formula is C22H24FN4O3. The maximum Gasteiger partial charge on any atom is 0.295 e. The number of carbonyl (C=O) groups excluding carboxylic acids is 1. The largest absolute Gasteiger partial charge is 0.491 e. The van der Waals surface area contributed by atoms with Crippen molar-refractivity contribution in [3.05, 3.63) is 53.3 Å². The van der Waals surface area contributed by atoms with E-state index >= 15 is 0 Å². The van der Waals surface area contributed by atoms with Gasteiger partial charge in [-0.05, 0) is 55.7 Å². The number of primary amides is 1. The average Bonchev–Trinajstić information content (AvgIpc) is 3.14. The Balaban J connectivity index is 1.35. The van der Waals surface area contributed by atoms with Gasteiger partial charge in [-0.25, -0.2) is 4.39 Å². The first-order chi connectivity index (χ1) is 14.5. The smallest absolute Gasteiger partial charge is 0.295 e. The molecule has 1 radical (unpaired) electrons. The van der Waals surface area contributed by atoms with Crippen molar-refractivity contribution >= 4 is 23.0 Å². The van der Waals surface area contributed by atoms with Crippen LogP contribution in [0.25, 0.3) is 11.1 Å². The van der Waals surface area contributed by atoms with Crippen molar-refractivity contribution < 1.29 is 18.3 Å². The van der Waals surface area contributed by atoms with Gasteiger partial charge in [-0.1, -0.05) is 6.07 Å². The van der Waals surface area contributed by atoms with E-state index in [1.165, 1.54) is 6.07 Å². The van der Waals surface area contributed by atoms with E-state index < -0.39 is 5.91 Å². The van der Waals surface area contributed by atoms with Crippen LogP contribution in [0.15, 0.2) is 34.7 Å². The summed E-state index contributed by atoms with van der Waals surface area (Å²) in [6, 6.07) is 11.7. The third kappa shape index (κ3) is 4.38. The number of amides is 1. The summed E-state index contributed by atoms with van der Waals surface area (Å²) in [5.74, 6) is -0.615. The minimum atomic E-state index is -0.581. The lowest BCUT2D eigenvalue weighted by Gasteiger charge is -2.32. The van der Waals surface area contributed by atoms with Crippen molar-refractivity contribution in [1.29, 1.82) is 0 Å². The number of halogens is 1. The van der Waals surface area contributed by atoms with Crippen molar-refractivity contribution in [3.63, 3.8) is 0 Å². The van der Waals surface area contributed by atoms with Gasteiger partial charge in [0.2, 0.25) is 0 Å². The molecule has 30 heavy (non-hydrogen) atoms. The van der Waals surface area contributed by atoms with Gasteiger partial charge in [-0.2, -0.15) is 4.98 Å². The number of likely N-dealkylation sites (tertiary alicyclic amines) is 1. The van der Waals surface area contributed by atoms with Gasteiger partial charge in [0.05, 0.1) is 12.2 Å². The maximum atomic E-state index is 13.8. The third-order valence-electron chi connectivity index (χ3n) is 5.22. The van der Waals surface area contributed by atoms with Gasteiger partial charge >= 0.3 is 0 Å². The quantitative estimate of drug-likeness (QED) is 0.619. The molecule has 7 nitrogen and oxygen atoms in total. The summed E-state index contributed by atoms with van der Waals surface area (Å²) in [6.07, 6.45) is 1.82. The highest BCUT2D eigenvalue weighted by atomic mass is 19.1. The molecule has 1 aromatic heterocycles. The van der Waals surface area contributed by atoms with Crippen LogP contribution in [0.2, 0.25) is 0 Å². The number of piperidine rings is 1. The second kappa shape index (κ2) is 8.71. The summed E-state index contributed by atoms with van der Waals surface area (Å²) in [6.45, 7) is 4.80. The van der Waals surface area contributed by atoms with Gasteiger partial charge in [-0.3, -0.25) is 9.69 Å². The highest BCUT2D eigenvalue weighted by Gasteiger charge is 2.22. The highest BCUT2D eigenvalue weighted by Crippen LogP contribution is 2.25. The molecule has 1 fully saturated rings. The molecule has 1 aliphatic heterocycles. The number of rotatable bonds is 7. The van der Waals surface area contributed by atoms with Crippen LogP contribution < -0.4 is 15.8 Å². The Kier molecular flexibility index (Phi) is 5.85. The lowest BCUT2D eigenvalue weighted by molar-refractivity contribution is 0.100. The minimum absolute atomic E-state index is 0.211. The summed E-state index contributed by atoms with van der Waals surface area (Å²) in [5, 5.41) is 3.31. The predicted molar refractivity (Wildman–Crippen MR) is 111 cm³/mol. The Morgan fingerprint density at radius 3 is 2.93 bits per heavy atom. The number of hydrogen-bond donors (Lipinski definition) is 2. The van der Waals surface area contributed by atoms with Crippen molar-refractivity contribution in [2.45, 2.75) is 32.4 Å². The molecule has 3 N–H and O–H groups in total. The Morgan fingerprint density at radius 1 is 1.40 bits per heavy atom. The van der Waals surface area contributed by atoms with Crippen molar-refractivity contribution in [2.75, 3.05) is 25.0 Å². The predicted octanol–water partition coefficient (Wildman–Crippen LogP) is 3.34. The Morgan fingerprint density at radius 2 is 2.20 bits per heavy atom. The van der Waals surface area contributed by atoms with Gasteiger partial charge in [-0.15, -0.1) is 0 Å². The number of nitrogens with zero attached hydrogens (tertiary/aromatic N) is 2. The number of oxazole rings is 1. The van der Waals surface area contributed by atoms with Crippen molar-refractivity contribution in [1.82, 2.24) is 9.88 Å². The fourth-order valence-electron chi connectivity index (χ4n) is 3.72. The Bertz CT molecular complexity index is 1040.